The van der Waals surface area contributed by atoms with E-state index in [0.29, 0.717) is 11.0 Å². The maximum Gasteiger partial charge on any atom is 0.355 e. The molecule has 1 unspecified atom stereocenters. The van der Waals surface area contributed by atoms with Crippen molar-refractivity contribution in [1.82, 2.24) is 15.6 Å². The lowest BCUT2D eigenvalue weighted by Crippen LogP contribution is -2.38. The van der Waals surface area contributed by atoms with Gasteiger partial charge >= 0.3 is 12.0 Å². The van der Waals surface area contributed by atoms with Gasteiger partial charge < -0.3 is 15.7 Å². The lowest BCUT2D eigenvalue weighted by Gasteiger charge is -2.11. The minimum atomic E-state index is -1.05. The molecule has 1 atom stereocenters. The summed E-state index contributed by atoms with van der Waals surface area (Å²) in [7, 11) is 0. The van der Waals surface area contributed by atoms with Crippen molar-refractivity contribution in [3.05, 3.63) is 16.1 Å². The van der Waals surface area contributed by atoms with Gasteiger partial charge in [-0.3, -0.25) is 0 Å². The molecule has 0 bridgehead atoms. The quantitative estimate of drug-likeness (QED) is 0.757. The first-order chi connectivity index (χ1) is 8.06. The van der Waals surface area contributed by atoms with Crippen LogP contribution in [0.5, 0.6) is 0 Å². The Morgan fingerprint density at radius 2 is 2.29 bits per heavy atom. The maximum atomic E-state index is 11.5. The summed E-state index contributed by atoms with van der Waals surface area (Å²) in [5.74, 6) is -1.05. The summed E-state index contributed by atoms with van der Waals surface area (Å²) in [6.07, 6.45) is 2.06. The number of carboxylic acid groups (broad SMARTS) is 1. The van der Waals surface area contributed by atoms with Gasteiger partial charge in [0.05, 0.1) is 6.04 Å². The lowest BCUT2D eigenvalue weighted by atomic mass is 10.3. The number of nitrogens with one attached hydrogen (secondary N) is 2. The predicted molar refractivity (Wildman–Crippen MR) is 62.2 cm³/mol. The summed E-state index contributed by atoms with van der Waals surface area (Å²) in [6, 6.07) is -0.216. The van der Waals surface area contributed by atoms with E-state index < -0.39 is 5.97 Å². The Kier molecular flexibility index (Phi) is 3.28. The number of thiazole rings is 1. The van der Waals surface area contributed by atoms with Gasteiger partial charge in [-0.05, 0) is 19.8 Å². The first kappa shape index (κ1) is 11.8. The van der Waals surface area contributed by atoms with Crippen LogP contribution >= 0.6 is 11.3 Å². The average Bonchev–Trinajstić information content (AvgIpc) is 2.92. The van der Waals surface area contributed by atoms with Crippen LogP contribution in [0.2, 0.25) is 0 Å². The second-order valence-electron chi connectivity index (χ2n) is 3.99. The van der Waals surface area contributed by atoms with E-state index in [0.717, 1.165) is 12.8 Å². The summed E-state index contributed by atoms with van der Waals surface area (Å²) < 4.78 is 0. The topological polar surface area (TPSA) is 91.3 Å². The van der Waals surface area contributed by atoms with Gasteiger partial charge in [-0.25, -0.2) is 14.6 Å². The fourth-order valence-corrected chi connectivity index (χ4v) is 2.10. The molecule has 3 N–H and O–H groups in total. The Balaban J connectivity index is 1.90. The normalized spacial score (nSPS) is 16.3. The van der Waals surface area contributed by atoms with Gasteiger partial charge in [0.25, 0.3) is 0 Å². The highest BCUT2D eigenvalue weighted by Crippen LogP contribution is 2.20. The van der Waals surface area contributed by atoms with Crippen molar-refractivity contribution in [2.45, 2.75) is 31.8 Å². The largest absolute Gasteiger partial charge is 0.476 e. The molecule has 1 fully saturated rings. The number of urea groups is 1. The van der Waals surface area contributed by atoms with E-state index in [1.165, 1.54) is 16.7 Å². The van der Waals surface area contributed by atoms with Crippen LogP contribution in [0.15, 0.2) is 5.38 Å². The second kappa shape index (κ2) is 4.70. The van der Waals surface area contributed by atoms with Crippen LogP contribution in [-0.4, -0.2) is 28.1 Å². The molecule has 1 aromatic heterocycles. The molecule has 0 aliphatic heterocycles. The smallest absolute Gasteiger partial charge is 0.355 e. The standard InChI is InChI=1S/C10H13N3O3S/c1-5(11-10(16)12-6-2-3-6)8-13-7(4-17-8)9(14)15/h4-6H,2-3H2,1H3,(H,14,15)(H2,11,12,16). The molecule has 17 heavy (non-hydrogen) atoms. The number of nitrogens with zero attached hydrogens (tertiary/aromatic N) is 1. The number of carbonyl (C=O) groups excluding carboxylic acids is 1. The molecule has 1 aliphatic carbocycles. The Morgan fingerprint density at radius 1 is 1.59 bits per heavy atom. The van der Waals surface area contributed by atoms with E-state index in [-0.39, 0.29) is 17.8 Å². The number of carboxylic acids is 1. The second-order valence-corrected chi connectivity index (χ2v) is 4.88. The molecule has 1 saturated carbocycles. The number of aromatic carboxylic acids is 1. The molecule has 1 aliphatic rings. The average molecular weight is 255 g/mol. The summed E-state index contributed by atoms with van der Waals surface area (Å²) in [4.78, 5) is 26.0. The van der Waals surface area contributed by atoms with Gasteiger partial charge in [0.1, 0.15) is 5.01 Å². The third kappa shape index (κ3) is 3.16. The minimum Gasteiger partial charge on any atom is -0.476 e. The molecular weight excluding hydrogens is 242 g/mol. The van der Waals surface area contributed by atoms with Crippen molar-refractivity contribution in [1.29, 1.82) is 0 Å². The zero-order chi connectivity index (χ0) is 12.4. The SMILES string of the molecule is CC(NC(=O)NC1CC1)c1nc(C(=O)O)cs1. The van der Waals surface area contributed by atoms with Crippen molar-refractivity contribution in [2.75, 3.05) is 0 Å². The number of hydrogen-bond acceptors (Lipinski definition) is 4. The highest BCUT2D eigenvalue weighted by Gasteiger charge is 2.24. The monoisotopic (exact) mass is 255 g/mol. The minimum absolute atomic E-state index is 0.0150. The molecule has 0 saturated heterocycles. The van der Waals surface area contributed by atoms with Crippen LogP contribution in [0, 0.1) is 0 Å². The third-order valence-electron chi connectivity index (χ3n) is 2.37. The van der Waals surface area contributed by atoms with Crippen LogP contribution < -0.4 is 10.6 Å². The van der Waals surface area contributed by atoms with Crippen LogP contribution in [0.25, 0.3) is 0 Å². The first-order valence-electron chi connectivity index (χ1n) is 5.32. The highest BCUT2D eigenvalue weighted by molar-refractivity contribution is 7.09. The van der Waals surface area contributed by atoms with E-state index in [1.54, 1.807) is 6.92 Å². The zero-order valence-electron chi connectivity index (χ0n) is 9.27. The van der Waals surface area contributed by atoms with Crippen LogP contribution in [0.1, 0.15) is 41.3 Å². The molecule has 7 heteroatoms. The molecule has 1 aromatic rings. The molecule has 2 rings (SSSR count). The molecule has 1 heterocycles. The van der Waals surface area contributed by atoms with E-state index >= 15 is 0 Å². The van der Waals surface area contributed by atoms with E-state index in [1.807, 2.05) is 0 Å². The van der Waals surface area contributed by atoms with Crippen molar-refractivity contribution in [3.63, 3.8) is 0 Å². The lowest BCUT2D eigenvalue weighted by molar-refractivity contribution is 0.0691. The summed E-state index contributed by atoms with van der Waals surface area (Å²) >= 11 is 1.23. The number of rotatable bonds is 4. The Bertz CT molecular complexity index is 442. The van der Waals surface area contributed by atoms with Gasteiger partial charge in [0.15, 0.2) is 5.69 Å². The van der Waals surface area contributed by atoms with Crippen LogP contribution in [-0.2, 0) is 0 Å². The van der Waals surface area contributed by atoms with E-state index in [2.05, 4.69) is 15.6 Å². The van der Waals surface area contributed by atoms with Crippen molar-refractivity contribution in [3.8, 4) is 0 Å². The van der Waals surface area contributed by atoms with E-state index in [4.69, 9.17) is 5.11 Å². The number of amides is 2. The van der Waals surface area contributed by atoms with Gasteiger partial charge in [0, 0.05) is 11.4 Å². The zero-order valence-corrected chi connectivity index (χ0v) is 10.1. The molecule has 92 valence electrons. The highest BCUT2D eigenvalue weighted by atomic mass is 32.1. The van der Waals surface area contributed by atoms with Crippen molar-refractivity contribution >= 4 is 23.3 Å². The van der Waals surface area contributed by atoms with Gasteiger partial charge in [-0.2, -0.15) is 0 Å². The van der Waals surface area contributed by atoms with Crippen molar-refractivity contribution in [2.24, 2.45) is 0 Å². The molecule has 0 spiro atoms. The molecule has 0 radical (unpaired) electrons. The Labute approximate surface area is 102 Å². The number of aromatic nitrogens is 1. The van der Waals surface area contributed by atoms with Gasteiger partial charge in [0.2, 0.25) is 0 Å². The van der Waals surface area contributed by atoms with Crippen LogP contribution in [0.3, 0.4) is 0 Å². The first-order valence-corrected chi connectivity index (χ1v) is 6.20. The van der Waals surface area contributed by atoms with Crippen molar-refractivity contribution < 1.29 is 14.7 Å². The summed E-state index contributed by atoms with van der Waals surface area (Å²) in [6.45, 7) is 1.77. The fraction of sp³-hybridized carbons (Fsp3) is 0.500. The number of carbonyl (C=O) groups is 2. The third-order valence-corrected chi connectivity index (χ3v) is 3.40. The van der Waals surface area contributed by atoms with E-state index in [9.17, 15) is 9.59 Å². The molecular formula is C10H13N3O3S. The predicted octanol–water partition coefficient (Wildman–Crippen LogP) is 1.36. The summed E-state index contributed by atoms with van der Waals surface area (Å²) in [5, 5.41) is 16.3. The Morgan fingerprint density at radius 3 is 2.82 bits per heavy atom. The fourth-order valence-electron chi connectivity index (χ4n) is 1.30. The molecule has 0 aromatic carbocycles. The summed E-state index contributed by atoms with van der Waals surface area (Å²) in [5.41, 5.74) is 0.0150. The molecule has 6 nitrogen and oxygen atoms in total. The number of hydrogen-bond donors (Lipinski definition) is 3. The Hall–Kier alpha value is -1.63. The molecule has 2 amide bonds. The van der Waals surface area contributed by atoms with Gasteiger partial charge in [-0.1, -0.05) is 0 Å². The van der Waals surface area contributed by atoms with Gasteiger partial charge in [-0.15, -0.1) is 11.3 Å². The maximum absolute atomic E-state index is 11.5. The van der Waals surface area contributed by atoms with Crippen LogP contribution in [0.4, 0.5) is 4.79 Å².